The zero-order valence-corrected chi connectivity index (χ0v) is 11.7. The first kappa shape index (κ1) is 12.8. The molecule has 2 aromatic rings. The lowest BCUT2D eigenvalue weighted by Crippen LogP contribution is -2.14. The molecule has 0 unspecified atom stereocenters. The Morgan fingerprint density at radius 3 is 2.44 bits per heavy atom. The summed E-state index contributed by atoms with van der Waals surface area (Å²) in [6.07, 6.45) is 0. The molecule has 0 aliphatic heterocycles. The summed E-state index contributed by atoms with van der Waals surface area (Å²) in [7, 11) is 0. The van der Waals surface area contributed by atoms with Gasteiger partial charge in [0.25, 0.3) is 0 Å². The maximum Gasteiger partial charge on any atom is 0.191 e. The molecule has 1 aromatic heterocycles. The molecule has 0 amide bonds. The van der Waals surface area contributed by atoms with Crippen molar-refractivity contribution in [2.45, 2.75) is 20.8 Å². The van der Waals surface area contributed by atoms with Crippen molar-refractivity contribution in [3.05, 3.63) is 51.2 Å². The van der Waals surface area contributed by atoms with Gasteiger partial charge in [-0.15, -0.1) is 11.3 Å². The van der Waals surface area contributed by atoms with Gasteiger partial charge in [-0.25, -0.2) is 0 Å². The van der Waals surface area contributed by atoms with Crippen LogP contribution in [0.5, 0.6) is 0 Å². The minimum absolute atomic E-state index is 0.143. The van der Waals surface area contributed by atoms with Crippen LogP contribution in [0.1, 0.15) is 26.4 Å². The monoisotopic (exact) mass is 259 g/mol. The Bertz CT molecular complexity index is 535. The summed E-state index contributed by atoms with van der Waals surface area (Å²) in [5.74, 6) is 0.143. The molecule has 18 heavy (non-hydrogen) atoms. The van der Waals surface area contributed by atoms with Crippen molar-refractivity contribution in [3.63, 3.8) is 0 Å². The van der Waals surface area contributed by atoms with Gasteiger partial charge in [0, 0.05) is 5.69 Å². The van der Waals surface area contributed by atoms with Crippen LogP contribution in [0.3, 0.4) is 0 Å². The van der Waals surface area contributed by atoms with Gasteiger partial charge >= 0.3 is 0 Å². The van der Waals surface area contributed by atoms with Crippen LogP contribution >= 0.6 is 11.3 Å². The van der Waals surface area contributed by atoms with E-state index in [0.29, 0.717) is 6.54 Å². The first-order chi connectivity index (χ1) is 8.58. The van der Waals surface area contributed by atoms with Crippen LogP contribution in [0.25, 0.3) is 0 Å². The highest BCUT2D eigenvalue weighted by molar-refractivity contribution is 7.12. The van der Waals surface area contributed by atoms with Crippen LogP contribution in [0.4, 0.5) is 5.69 Å². The third-order valence-corrected chi connectivity index (χ3v) is 3.81. The zero-order valence-electron chi connectivity index (χ0n) is 10.9. The van der Waals surface area contributed by atoms with Crippen LogP contribution < -0.4 is 5.32 Å². The van der Waals surface area contributed by atoms with Crippen molar-refractivity contribution in [3.8, 4) is 0 Å². The topological polar surface area (TPSA) is 29.1 Å². The number of hydrogen-bond acceptors (Lipinski definition) is 3. The van der Waals surface area contributed by atoms with Crippen LogP contribution in [-0.4, -0.2) is 12.3 Å². The highest BCUT2D eigenvalue weighted by atomic mass is 32.1. The molecule has 94 valence electrons. The second-order valence-corrected chi connectivity index (χ2v) is 5.48. The number of thiophene rings is 1. The third-order valence-electron chi connectivity index (χ3n) is 2.90. The van der Waals surface area contributed by atoms with Gasteiger partial charge in [0.05, 0.1) is 11.4 Å². The van der Waals surface area contributed by atoms with Crippen molar-refractivity contribution in [2.75, 3.05) is 11.9 Å². The lowest BCUT2D eigenvalue weighted by atomic mass is 10.1. The number of anilines is 1. The van der Waals surface area contributed by atoms with Gasteiger partial charge < -0.3 is 5.32 Å². The molecular formula is C15H17NOS. The van der Waals surface area contributed by atoms with E-state index in [4.69, 9.17) is 0 Å². The Morgan fingerprint density at radius 1 is 1.22 bits per heavy atom. The van der Waals surface area contributed by atoms with Gasteiger partial charge in [0.1, 0.15) is 0 Å². The Morgan fingerprint density at radius 2 is 1.89 bits per heavy atom. The molecule has 0 saturated heterocycles. The molecular weight excluding hydrogens is 242 g/mol. The molecule has 1 N–H and O–H groups in total. The fourth-order valence-corrected chi connectivity index (χ4v) is 2.82. The molecule has 0 aliphatic rings. The summed E-state index contributed by atoms with van der Waals surface area (Å²) in [4.78, 5) is 12.7. The Balaban J connectivity index is 2.09. The maximum atomic E-state index is 11.9. The van der Waals surface area contributed by atoms with Gasteiger partial charge in [-0.05, 0) is 43.3 Å². The number of carbonyl (C=O) groups excluding carboxylic acids is 1. The largest absolute Gasteiger partial charge is 0.377 e. The van der Waals surface area contributed by atoms with E-state index < -0.39 is 0 Å². The van der Waals surface area contributed by atoms with Crippen LogP contribution in [-0.2, 0) is 0 Å². The van der Waals surface area contributed by atoms with E-state index in [1.807, 2.05) is 17.5 Å². The lowest BCUT2D eigenvalue weighted by Gasteiger charge is -2.13. The SMILES string of the molecule is Cc1cc(C)c(NCC(=O)c2cccs2)c(C)c1. The third kappa shape index (κ3) is 2.79. The smallest absolute Gasteiger partial charge is 0.191 e. The molecule has 0 bridgehead atoms. The lowest BCUT2D eigenvalue weighted by molar-refractivity contribution is 0.101. The fourth-order valence-electron chi connectivity index (χ4n) is 2.15. The highest BCUT2D eigenvalue weighted by Crippen LogP contribution is 2.22. The van der Waals surface area contributed by atoms with E-state index in [9.17, 15) is 4.79 Å². The molecule has 1 heterocycles. The second kappa shape index (κ2) is 5.36. The average molecular weight is 259 g/mol. The van der Waals surface area contributed by atoms with Crippen molar-refractivity contribution in [1.29, 1.82) is 0 Å². The zero-order chi connectivity index (χ0) is 13.1. The average Bonchev–Trinajstić information content (AvgIpc) is 2.80. The molecule has 1 aromatic carbocycles. The van der Waals surface area contributed by atoms with E-state index in [1.165, 1.54) is 28.0 Å². The number of hydrogen-bond donors (Lipinski definition) is 1. The molecule has 0 spiro atoms. The van der Waals surface area contributed by atoms with Gasteiger partial charge in [-0.2, -0.15) is 0 Å². The molecule has 0 fully saturated rings. The molecule has 2 rings (SSSR count). The van der Waals surface area contributed by atoms with Crippen molar-refractivity contribution < 1.29 is 4.79 Å². The molecule has 0 saturated carbocycles. The maximum absolute atomic E-state index is 11.9. The number of ketones is 1. The van der Waals surface area contributed by atoms with E-state index >= 15 is 0 Å². The highest BCUT2D eigenvalue weighted by Gasteiger charge is 2.08. The minimum Gasteiger partial charge on any atom is -0.377 e. The summed E-state index contributed by atoms with van der Waals surface area (Å²) in [6, 6.07) is 8.03. The quantitative estimate of drug-likeness (QED) is 0.842. The summed E-state index contributed by atoms with van der Waals surface area (Å²) < 4.78 is 0. The minimum atomic E-state index is 0.143. The number of nitrogens with one attached hydrogen (secondary N) is 1. The molecule has 0 atom stereocenters. The fraction of sp³-hybridized carbons (Fsp3) is 0.267. The molecule has 2 nitrogen and oxygen atoms in total. The molecule has 0 radical (unpaired) electrons. The summed E-state index contributed by atoms with van der Waals surface area (Å²) >= 11 is 1.49. The van der Waals surface area contributed by atoms with Gasteiger partial charge in [-0.1, -0.05) is 23.8 Å². The summed E-state index contributed by atoms with van der Waals surface area (Å²) in [6.45, 7) is 6.57. The van der Waals surface area contributed by atoms with Crippen LogP contribution in [0, 0.1) is 20.8 Å². The first-order valence-corrected chi connectivity index (χ1v) is 6.84. The number of carbonyl (C=O) groups is 1. The molecule has 0 aliphatic carbocycles. The number of benzene rings is 1. The predicted octanol–water partition coefficient (Wildman–Crippen LogP) is 3.97. The number of Topliss-reactive ketones (excluding diaryl/α,β-unsaturated/α-hetero) is 1. The van der Waals surface area contributed by atoms with E-state index in [-0.39, 0.29) is 5.78 Å². The van der Waals surface area contributed by atoms with E-state index in [2.05, 4.69) is 38.2 Å². The molecule has 3 heteroatoms. The van der Waals surface area contributed by atoms with Gasteiger partial charge in [-0.3, -0.25) is 4.79 Å². The Kier molecular flexibility index (Phi) is 3.82. The second-order valence-electron chi connectivity index (χ2n) is 4.53. The standard InChI is InChI=1S/C15H17NOS/c1-10-7-11(2)15(12(3)8-10)16-9-13(17)14-5-4-6-18-14/h4-8,16H,9H2,1-3H3. The van der Waals surface area contributed by atoms with Crippen molar-refractivity contribution in [2.24, 2.45) is 0 Å². The van der Waals surface area contributed by atoms with Gasteiger partial charge in [0.15, 0.2) is 5.78 Å². The van der Waals surface area contributed by atoms with Crippen molar-refractivity contribution >= 4 is 22.8 Å². The van der Waals surface area contributed by atoms with Gasteiger partial charge in [0.2, 0.25) is 0 Å². The van der Waals surface area contributed by atoms with Crippen molar-refractivity contribution in [1.82, 2.24) is 0 Å². The van der Waals surface area contributed by atoms with Crippen LogP contribution in [0.15, 0.2) is 29.6 Å². The normalized spacial score (nSPS) is 10.4. The predicted molar refractivity (Wildman–Crippen MR) is 77.8 cm³/mol. The van der Waals surface area contributed by atoms with E-state index in [1.54, 1.807) is 0 Å². The number of aryl methyl sites for hydroxylation is 3. The summed E-state index contributed by atoms with van der Waals surface area (Å²) in [5.41, 5.74) is 4.70. The first-order valence-electron chi connectivity index (χ1n) is 5.96. The van der Waals surface area contributed by atoms with E-state index in [0.717, 1.165) is 10.6 Å². The number of rotatable bonds is 4. The Hall–Kier alpha value is -1.61. The Labute approximate surface area is 112 Å². The summed E-state index contributed by atoms with van der Waals surface area (Å²) in [5, 5.41) is 5.18. The van der Waals surface area contributed by atoms with Crippen LogP contribution in [0.2, 0.25) is 0 Å².